The van der Waals surface area contributed by atoms with Gasteiger partial charge in [0.15, 0.2) is 17.8 Å². The summed E-state index contributed by atoms with van der Waals surface area (Å²) < 4.78 is 11.5. The second-order valence-electron chi connectivity index (χ2n) is 9.74. The number of rotatable bonds is 9. The Balaban J connectivity index is 1.77. The van der Waals surface area contributed by atoms with E-state index < -0.39 is 11.6 Å². The van der Waals surface area contributed by atoms with E-state index in [9.17, 15) is 19.5 Å². The quantitative estimate of drug-likeness (QED) is 0.182. The predicted octanol–water partition coefficient (Wildman–Crippen LogP) is 6.13. The molecule has 0 aliphatic carbocycles. The van der Waals surface area contributed by atoms with Crippen LogP contribution >= 0.6 is 11.6 Å². The summed E-state index contributed by atoms with van der Waals surface area (Å²) in [6, 6.07) is 3.17. The summed E-state index contributed by atoms with van der Waals surface area (Å²) in [5.74, 6) is -0.823. The van der Waals surface area contributed by atoms with E-state index in [2.05, 4.69) is 11.1 Å². The van der Waals surface area contributed by atoms with Crippen LogP contribution in [0.5, 0.6) is 11.5 Å². The van der Waals surface area contributed by atoms with Crippen molar-refractivity contribution in [3.8, 4) is 11.5 Å². The number of hydrogen-bond acceptors (Lipinski definition) is 7. The molecular formula is C29H32ClNO6. The number of nitrogens with zero attached hydrogens (tertiary/aromatic N) is 1. The van der Waals surface area contributed by atoms with Gasteiger partial charge in [-0.05, 0) is 77.2 Å². The normalized spacial score (nSPS) is 17.7. The average Bonchev–Trinajstić information content (AvgIpc) is 3.15. The van der Waals surface area contributed by atoms with E-state index in [4.69, 9.17) is 21.1 Å². The number of aldehydes is 1. The van der Waals surface area contributed by atoms with Crippen LogP contribution in [0.25, 0.3) is 0 Å². The third kappa shape index (κ3) is 6.53. The molecule has 0 radical (unpaired) electrons. The topological polar surface area (TPSA) is 103 Å². The summed E-state index contributed by atoms with van der Waals surface area (Å²) >= 11 is 6.48. The van der Waals surface area contributed by atoms with E-state index in [-0.39, 0.29) is 51.5 Å². The Morgan fingerprint density at radius 3 is 2.65 bits per heavy atom. The van der Waals surface area contributed by atoms with Gasteiger partial charge in [0, 0.05) is 24.4 Å². The monoisotopic (exact) mass is 525 g/mol. The van der Waals surface area contributed by atoms with Crippen molar-refractivity contribution in [3.05, 3.63) is 75.1 Å². The Bertz CT molecular complexity index is 1260. The molecule has 1 unspecified atom stereocenters. The second-order valence-corrected chi connectivity index (χ2v) is 10.1. The third-order valence-corrected chi connectivity index (χ3v) is 7.06. The standard InChI is InChI=1S/C29H32ClNO6/c1-17(8-6-9-18(2)23-14-24(33)29(4,5)37-23)11-12-21-26(34)22(16-32)19(3)25(30)27(21)36-28(35)20-10-7-13-31-15-20/h7,9-11,13,15-16,23,34H,6,8,12,14H2,1-5H3/b17-11+,18-9+. The highest BCUT2D eigenvalue weighted by atomic mass is 35.5. The molecule has 1 fully saturated rings. The van der Waals surface area contributed by atoms with Crippen LogP contribution in [0.4, 0.5) is 0 Å². The van der Waals surface area contributed by atoms with Crippen LogP contribution in [0.15, 0.2) is 47.8 Å². The van der Waals surface area contributed by atoms with Crippen molar-refractivity contribution in [1.82, 2.24) is 4.98 Å². The van der Waals surface area contributed by atoms with Crippen molar-refractivity contribution in [2.45, 2.75) is 72.0 Å². The van der Waals surface area contributed by atoms with E-state index in [1.54, 1.807) is 32.9 Å². The first-order valence-corrected chi connectivity index (χ1v) is 12.5. The molecule has 1 atom stereocenters. The molecule has 0 amide bonds. The molecule has 1 aliphatic rings. The van der Waals surface area contributed by atoms with Gasteiger partial charge >= 0.3 is 5.97 Å². The molecule has 0 saturated carbocycles. The number of aromatic nitrogens is 1. The molecule has 2 heterocycles. The van der Waals surface area contributed by atoms with Gasteiger partial charge in [-0.1, -0.05) is 29.3 Å². The molecule has 37 heavy (non-hydrogen) atoms. The fourth-order valence-electron chi connectivity index (χ4n) is 4.11. The van der Waals surface area contributed by atoms with Crippen LogP contribution in [0.1, 0.15) is 78.8 Å². The van der Waals surface area contributed by atoms with Gasteiger partial charge in [-0.3, -0.25) is 14.6 Å². The molecule has 0 bridgehead atoms. The molecule has 1 N–H and O–H groups in total. The zero-order valence-electron chi connectivity index (χ0n) is 21.8. The Hall–Kier alpha value is -3.29. The number of esters is 1. The van der Waals surface area contributed by atoms with Crippen molar-refractivity contribution in [2.24, 2.45) is 0 Å². The van der Waals surface area contributed by atoms with Crippen LogP contribution in [-0.2, 0) is 16.0 Å². The van der Waals surface area contributed by atoms with E-state index in [0.717, 1.165) is 24.0 Å². The maximum absolute atomic E-state index is 12.7. The maximum atomic E-state index is 12.7. The van der Waals surface area contributed by atoms with Gasteiger partial charge in [0.05, 0.1) is 22.3 Å². The van der Waals surface area contributed by atoms with E-state index in [1.807, 2.05) is 19.9 Å². The molecule has 2 aromatic rings. The Kier molecular flexibility index (Phi) is 9.05. The van der Waals surface area contributed by atoms with Crippen LogP contribution < -0.4 is 4.74 Å². The summed E-state index contributed by atoms with van der Waals surface area (Å²) in [7, 11) is 0. The smallest absolute Gasteiger partial charge is 0.345 e. The molecule has 8 heteroatoms. The van der Waals surface area contributed by atoms with Crippen molar-refractivity contribution < 1.29 is 29.0 Å². The molecule has 3 rings (SSSR count). The molecule has 1 aromatic heterocycles. The van der Waals surface area contributed by atoms with Crippen molar-refractivity contribution in [1.29, 1.82) is 0 Å². The number of phenols is 1. The van der Waals surface area contributed by atoms with Gasteiger partial charge in [0.1, 0.15) is 11.4 Å². The Morgan fingerprint density at radius 2 is 2.05 bits per heavy atom. The molecule has 196 valence electrons. The van der Waals surface area contributed by atoms with Gasteiger partial charge in [-0.25, -0.2) is 4.79 Å². The van der Waals surface area contributed by atoms with Gasteiger partial charge in [-0.15, -0.1) is 0 Å². The highest BCUT2D eigenvalue weighted by Gasteiger charge is 2.40. The highest BCUT2D eigenvalue weighted by Crippen LogP contribution is 2.42. The number of halogens is 1. The summed E-state index contributed by atoms with van der Waals surface area (Å²) in [5, 5.41) is 10.9. The molecule has 1 saturated heterocycles. The Morgan fingerprint density at radius 1 is 1.32 bits per heavy atom. The number of benzene rings is 1. The van der Waals surface area contributed by atoms with Crippen LogP contribution in [0, 0.1) is 6.92 Å². The lowest BCUT2D eigenvalue weighted by Crippen LogP contribution is -2.27. The number of aromatic hydroxyl groups is 1. The third-order valence-electron chi connectivity index (χ3n) is 6.60. The maximum Gasteiger partial charge on any atom is 0.345 e. The molecular weight excluding hydrogens is 494 g/mol. The average molecular weight is 526 g/mol. The highest BCUT2D eigenvalue weighted by molar-refractivity contribution is 6.33. The van der Waals surface area contributed by atoms with Crippen LogP contribution in [0.3, 0.4) is 0 Å². The first kappa shape index (κ1) is 28.3. The van der Waals surface area contributed by atoms with E-state index in [0.29, 0.717) is 18.3 Å². The number of carbonyl (C=O) groups excluding carboxylic acids is 3. The number of carbonyl (C=O) groups is 3. The minimum absolute atomic E-state index is 0.0153. The Labute approximate surface area is 222 Å². The first-order chi connectivity index (χ1) is 17.5. The minimum Gasteiger partial charge on any atom is -0.507 e. The van der Waals surface area contributed by atoms with E-state index >= 15 is 0 Å². The number of phenolic OH excluding ortho intramolecular Hbond substituents is 1. The first-order valence-electron chi connectivity index (χ1n) is 12.1. The summed E-state index contributed by atoms with van der Waals surface area (Å²) in [6.45, 7) is 9.09. The van der Waals surface area contributed by atoms with E-state index in [1.165, 1.54) is 12.4 Å². The number of Topliss-reactive ketones (excluding diaryl/α,β-unsaturated/α-hetero) is 1. The molecule has 1 aliphatic heterocycles. The number of ether oxygens (including phenoxy) is 2. The fraction of sp³-hybridized carbons (Fsp3) is 0.379. The number of ketones is 1. The van der Waals surface area contributed by atoms with Crippen molar-refractivity contribution in [2.75, 3.05) is 0 Å². The molecule has 1 aromatic carbocycles. The second kappa shape index (κ2) is 11.8. The lowest BCUT2D eigenvalue weighted by Gasteiger charge is -2.18. The largest absolute Gasteiger partial charge is 0.507 e. The molecule has 0 spiro atoms. The number of hydrogen-bond donors (Lipinski definition) is 1. The van der Waals surface area contributed by atoms with Gasteiger partial charge in [0.25, 0.3) is 0 Å². The van der Waals surface area contributed by atoms with Gasteiger partial charge < -0.3 is 14.6 Å². The SMILES string of the molecule is C/C(=C\Cc1c(O)c(C=O)c(C)c(Cl)c1OC(=O)c1cccnc1)CC/C=C(\C)C1CC(=O)C(C)(C)O1. The van der Waals surface area contributed by atoms with Crippen molar-refractivity contribution in [3.63, 3.8) is 0 Å². The summed E-state index contributed by atoms with van der Waals surface area (Å²) in [4.78, 5) is 40.3. The zero-order chi connectivity index (χ0) is 27.3. The molecule has 7 nitrogen and oxygen atoms in total. The lowest BCUT2D eigenvalue weighted by molar-refractivity contribution is -0.129. The van der Waals surface area contributed by atoms with Gasteiger partial charge in [-0.2, -0.15) is 0 Å². The van der Waals surface area contributed by atoms with Gasteiger partial charge in [0.2, 0.25) is 0 Å². The van der Waals surface area contributed by atoms with Crippen LogP contribution in [-0.4, -0.2) is 39.8 Å². The summed E-state index contributed by atoms with van der Waals surface area (Å²) in [5.41, 5.74) is 2.16. The minimum atomic E-state index is -0.745. The zero-order valence-corrected chi connectivity index (χ0v) is 22.5. The predicted molar refractivity (Wildman–Crippen MR) is 141 cm³/mol. The fourth-order valence-corrected chi connectivity index (χ4v) is 4.37. The lowest BCUT2D eigenvalue weighted by atomic mass is 9.98. The van der Waals surface area contributed by atoms with Crippen LogP contribution in [0.2, 0.25) is 5.02 Å². The summed E-state index contributed by atoms with van der Waals surface area (Å²) in [6.07, 6.45) is 9.28. The number of pyridine rings is 1. The number of allylic oxidation sites excluding steroid dienone is 3. The van der Waals surface area contributed by atoms with Crippen molar-refractivity contribution >= 4 is 29.6 Å².